The molecule has 9 nitrogen and oxygen atoms in total. The van der Waals surface area contributed by atoms with Gasteiger partial charge in [0.25, 0.3) is 0 Å². The molecule has 4 aromatic rings. The highest BCUT2D eigenvalue weighted by Crippen LogP contribution is 2.46. The van der Waals surface area contributed by atoms with E-state index < -0.39 is 28.9 Å². The summed E-state index contributed by atoms with van der Waals surface area (Å²) in [6.07, 6.45) is 2.83. The second-order valence-electron chi connectivity index (χ2n) is 10.8. The number of carbonyl (C=O) groups is 1. The van der Waals surface area contributed by atoms with Gasteiger partial charge in [-0.1, -0.05) is 38.6 Å². The number of fused-ring (bicyclic) bond motifs is 2. The van der Waals surface area contributed by atoms with Gasteiger partial charge in [-0.2, -0.15) is 4.98 Å². The van der Waals surface area contributed by atoms with Gasteiger partial charge in [-0.15, -0.1) is 0 Å². The lowest BCUT2D eigenvalue weighted by atomic mass is 9.98. The summed E-state index contributed by atoms with van der Waals surface area (Å²) in [7, 11) is 0. The predicted octanol–water partition coefficient (Wildman–Crippen LogP) is 4.46. The van der Waals surface area contributed by atoms with Crippen molar-refractivity contribution in [2.45, 2.75) is 32.7 Å². The summed E-state index contributed by atoms with van der Waals surface area (Å²) < 4.78 is 40.7. The highest BCUT2D eigenvalue weighted by atomic mass is 19.1. The van der Waals surface area contributed by atoms with Crippen LogP contribution in [0.4, 0.5) is 14.6 Å². The highest BCUT2D eigenvalue weighted by Gasteiger charge is 2.39. The summed E-state index contributed by atoms with van der Waals surface area (Å²) in [5.41, 5.74) is -0.110. The molecule has 4 heterocycles. The number of phenols is 1. The molecule has 11 heteroatoms. The third kappa shape index (κ3) is 4.10. The summed E-state index contributed by atoms with van der Waals surface area (Å²) in [6.45, 7) is 9.84. The van der Waals surface area contributed by atoms with E-state index in [1.807, 2.05) is 13.8 Å². The number of halogens is 2. The zero-order chi connectivity index (χ0) is 29.9. The molecular weight excluding hydrogens is 544 g/mol. The standard InChI is InChI=1S/C31H29F2N5O4/c1-5-21(40)36-12-13-37-18(14-36)15-42-29-23-28(24(32)22(25(29)33)19-8-6-7-9-20(19)39)38(31(41)35-30(23)37)27-17(4)10-11-34-26(27)16(2)3/h5-11,16,18,39H,1,12-15H2,2-4H3. The normalized spacial score (nSPS) is 16.3. The molecule has 2 aromatic heterocycles. The molecule has 42 heavy (non-hydrogen) atoms. The largest absolute Gasteiger partial charge is 0.507 e. The minimum atomic E-state index is -1.05. The summed E-state index contributed by atoms with van der Waals surface area (Å²) in [5, 5.41) is 10.6. The van der Waals surface area contributed by atoms with Crippen LogP contribution in [0.2, 0.25) is 0 Å². The third-order valence-corrected chi connectivity index (χ3v) is 7.91. The number of amides is 1. The number of rotatable bonds is 4. The first-order valence-corrected chi connectivity index (χ1v) is 13.7. The van der Waals surface area contributed by atoms with Crippen LogP contribution >= 0.6 is 0 Å². The van der Waals surface area contributed by atoms with Crippen LogP contribution in [0, 0.1) is 18.6 Å². The van der Waals surface area contributed by atoms with Crippen molar-refractivity contribution in [1.29, 1.82) is 0 Å². The first-order valence-electron chi connectivity index (χ1n) is 13.7. The number of aromatic nitrogens is 3. The van der Waals surface area contributed by atoms with Gasteiger partial charge in [0.1, 0.15) is 23.7 Å². The molecule has 2 aliphatic heterocycles. The molecule has 1 unspecified atom stereocenters. The molecule has 1 atom stereocenters. The second kappa shape index (κ2) is 10.2. The fourth-order valence-electron chi connectivity index (χ4n) is 5.91. The Hall–Kier alpha value is -4.80. The van der Waals surface area contributed by atoms with Gasteiger partial charge in [-0.05, 0) is 36.6 Å². The van der Waals surface area contributed by atoms with E-state index in [1.54, 1.807) is 41.1 Å². The van der Waals surface area contributed by atoms with Gasteiger partial charge < -0.3 is 19.6 Å². The number of hydrogen-bond acceptors (Lipinski definition) is 7. The van der Waals surface area contributed by atoms with Crippen molar-refractivity contribution in [2.24, 2.45) is 0 Å². The summed E-state index contributed by atoms with van der Waals surface area (Å²) in [6, 6.07) is 7.03. The van der Waals surface area contributed by atoms with Gasteiger partial charge in [-0.3, -0.25) is 14.3 Å². The monoisotopic (exact) mass is 573 g/mol. The molecule has 216 valence electrons. The van der Waals surface area contributed by atoms with Crippen molar-refractivity contribution in [1.82, 2.24) is 19.4 Å². The molecule has 2 aromatic carbocycles. The Morgan fingerprint density at radius 3 is 2.67 bits per heavy atom. The second-order valence-corrected chi connectivity index (χ2v) is 10.8. The Kier molecular flexibility index (Phi) is 6.67. The Labute approximate surface area is 240 Å². The van der Waals surface area contributed by atoms with Crippen molar-refractivity contribution in [3.05, 3.63) is 82.6 Å². The first kappa shape index (κ1) is 27.4. The van der Waals surface area contributed by atoms with Gasteiger partial charge in [0, 0.05) is 31.4 Å². The maximum Gasteiger partial charge on any atom is 0.354 e. The summed E-state index contributed by atoms with van der Waals surface area (Å²) >= 11 is 0. The predicted molar refractivity (Wildman–Crippen MR) is 154 cm³/mol. The van der Waals surface area contributed by atoms with E-state index in [0.717, 1.165) is 4.57 Å². The number of anilines is 1. The van der Waals surface area contributed by atoms with Gasteiger partial charge >= 0.3 is 5.69 Å². The van der Waals surface area contributed by atoms with E-state index in [1.165, 1.54) is 18.2 Å². The van der Waals surface area contributed by atoms with Gasteiger partial charge in [0.15, 0.2) is 17.4 Å². The van der Waals surface area contributed by atoms with Crippen molar-refractivity contribution in [2.75, 3.05) is 31.1 Å². The molecule has 0 aliphatic carbocycles. The number of ether oxygens (including phenoxy) is 1. The highest BCUT2D eigenvalue weighted by molar-refractivity contribution is 6.01. The lowest BCUT2D eigenvalue weighted by molar-refractivity contribution is -0.126. The van der Waals surface area contributed by atoms with E-state index in [9.17, 15) is 14.7 Å². The topological polar surface area (TPSA) is 101 Å². The maximum absolute atomic E-state index is 17.0. The quantitative estimate of drug-likeness (QED) is 0.360. The number of pyridine rings is 1. The van der Waals surface area contributed by atoms with Crippen LogP contribution in [-0.2, 0) is 4.79 Å². The van der Waals surface area contributed by atoms with E-state index in [2.05, 4.69) is 16.5 Å². The van der Waals surface area contributed by atoms with E-state index >= 15 is 8.78 Å². The maximum atomic E-state index is 17.0. The minimum absolute atomic E-state index is 0.00673. The van der Waals surface area contributed by atoms with Crippen molar-refractivity contribution >= 4 is 22.6 Å². The van der Waals surface area contributed by atoms with Crippen LogP contribution < -0.4 is 15.3 Å². The van der Waals surface area contributed by atoms with E-state index in [-0.39, 0.29) is 65.3 Å². The molecule has 0 saturated carbocycles. The Morgan fingerprint density at radius 2 is 1.95 bits per heavy atom. The molecule has 2 aliphatic rings. The number of piperazine rings is 1. The number of hydrogen-bond donors (Lipinski definition) is 1. The SMILES string of the molecule is C=CC(=O)N1CCN2c3nc(=O)n(-c4c(C)ccnc4C(C)C)c4c(F)c(-c5ccccc5O)c(F)c(c34)OCC2C1. The lowest BCUT2D eigenvalue weighted by Gasteiger charge is -2.40. The van der Waals surface area contributed by atoms with Crippen LogP contribution in [0.15, 0.2) is 54.0 Å². The average Bonchev–Trinajstić information content (AvgIpc) is 3.13. The Morgan fingerprint density at radius 1 is 1.19 bits per heavy atom. The number of phenolic OH excluding ortho intramolecular Hbond substituents is 1. The van der Waals surface area contributed by atoms with E-state index in [4.69, 9.17) is 4.74 Å². The molecule has 1 saturated heterocycles. The Bertz CT molecular complexity index is 1840. The van der Waals surface area contributed by atoms with Crippen molar-refractivity contribution < 1.29 is 23.4 Å². The summed E-state index contributed by atoms with van der Waals surface area (Å²) in [5.74, 6) is -3.04. The first-order chi connectivity index (χ1) is 20.1. The Balaban J connectivity index is 1.74. The van der Waals surface area contributed by atoms with Crippen LogP contribution in [0.25, 0.3) is 27.7 Å². The number of para-hydroxylation sites is 1. The summed E-state index contributed by atoms with van der Waals surface area (Å²) in [4.78, 5) is 38.6. The molecule has 6 rings (SSSR count). The lowest BCUT2D eigenvalue weighted by Crippen LogP contribution is -2.56. The molecule has 0 radical (unpaired) electrons. The molecule has 0 bridgehead atoms. The van der Waals surface area contributed by atoms with Crippen LogP contribution in [-0.4, -0.2) is 62.7 Å². The fraction of sp³-hybridized carbons (Fsp3) is 0.290. The van der Waals surface area contributed by atoms with Gasteiger partial charge in [0.05, 0.1) is 28.4 Å². The number of nitrogens with zero attached hydrogens (tertiary/aromatic N) is 5. The third-order valence-electron chi connectivity index (χ3n) is 7.91. The number of benzene rings is 2. The smallest absolute Gasteiger partial charge is 0.354 e. The van der Waals surface area contributed by atoms with Crippen LogP contribution in [0.1, 0.15) is 31.0 Å². The molecule has 0 spiro atoms. The molecule has 1 N–H and O–H groups in total. The van der Waals surface area contributed by atoms with Gasteiger partial charge in [-0.25, -0.2) is 13.6 Å². The molecule has 1 amide bonds. The average molecular weight is 574 g/mol. The van der Waals surface area contributed by atoms with Crippen LogP contribution in [0.5, 0.6) is 11.5 Å². The molecular formula is C31H29F2N5O4. The van der Waals surface area contributed by atoms with Crippen LogP contribution in [0.3, 0.4) is 0 Å². The van der Waals surface area contributed by atoms with Gasteiger partial charge in [0.2, 0.25) is 5.91 Å². The zero-order valence-electron chi connectivity index (χ0n) is 23.4. The fourth-order valence-corrected chi connectivity index (χ4v) is 5.91. The minimum Gasteiger partial charge on any atom is -0.507 e. The zero-order valence-corrected chi connectivity index (χ0v) is 23.4. The van der Waals surface area contributed by atoms with Crippen molar-refractivity contribution in [3.63, 3.8) is 0 Å². The van der Waals surface area contributed by atoms with E-state index in [0.29, 0.717) is 23.5 Å². The number of aromatic hydroxyl groups is 1. The number of carbonyl (C=O) groups excluding carboxylic acids is 1. The number of aryl methyl sites for hydroxylation is 1. The van der Waals surface area contributed by atoms with Crippen molar-refractivity contribution in [3.8, 4) is 28.3 Å². The molecule has 1 fully saturated rings.